The lowest BCUT2D eigenvalue weighted by molar-refractivity contribution is -0.0265. The number of fused-ring (bicyclic) bond motifs is 1. The van der Waals surface area contributed by atoms with E-state index in [0.717, 1.165) is 62.8 Å². The highest BCUT2D eigenvalue weighted by Crippen LogP contribution is 2.33. The molecule has 0 saturated carbocycles. The number of aliphatic imine (C=N–C) groups is 1. The summed E-state index contributed by atoms with van der Waals surface area (Å²) < 4.78 is 8.19. The zero-order valence-electron chi connectivity index (χ0n) is 18.4. The van der Waals surface area contributed by atoms with Gasteiger partial charge in [0.2, 0.25) is 0 Å². The van der Waals surface area contributed by atoms with E-state index in [9.17, 15) is 0 Å². The van der Waals surface area contributed by atoms with Gasteiger partial charge in [0.1, 0.15) is 5.82 Å². The van der Waals surface area contributed by atoms with Gasteiger partial charge in [-0.3, -0.25) is 9.39 Å². The van der Waals surface area contributed by atoms with Gasteiger partial charge in [-0.2, -0.15) is 0 Å². The van der Waals surface area contributed by atoms with Crippen molar-refractivity contribution in [1.29, 1.82) is 0 Å². The van der Waals surface area contributed by atoms with Gasteiger partial charge >= 0.3 is 0 Å². The molecule has 1 saturated heterocycles. The maximum absolute atomic E-state index is 6.14. The standard InChI is InChI=1S/C24H32N6O/c1-18-10-12-19(13-11-18)23-20(7-6-16-31-23)17-27-24(25-2)26-14-5-9-22-29-28-21-8-3-4-15-30(21)22/h3-4,8,10-13,15,20,23H,5-7,9,14,16-17H2,1-2H3,(H2,25,26,27). The summed E-state index contributed by atoms with van der Waals surface area (Å²) in [6.45, 7) is 4.61. The van der Waals surface area contributed by atoms with Crippen LogP contribution in [0, 0.1) is 12.8 Å². The lowest BCUT2D eigenvalue weighted by Gasteiger charge is -2.32. The second-order valence-corrected chi connectivity index (χ2v) is 8.13. The SMILES string of the molecule is CN=C(NCCCc1nnc2ccccn12)NCC1CCCOC1c1ccc(C)cc1. The van der Waals surface area contributed by atoms with E-state index >= 15 is 0 Å². The Kier molecular flexibility index (Phi) is 7.14. The van der Waals surface area contributed by atoms with E-state index in [4.69, 9.17) is 4.74 Å². The van der Waals surface area contributed by atoms with Gasteiger partial charge in [-0.05, 0) is 43.9 Å². The maximum Gasteiger partial charge on any atom is 0.190 e. The Bertz CT molecular complexity index is 997. The molecule has 0 bridgehead atoms. The predicted molar refractivity (Wildman–Crippen MR) is 123 cm³/mol. The van der Waals surface area contributed by atoms with Gasteiger partial charge in [0.15, 0.2) is 11.6 Å². The molecule has 1 aliphatic heterocycles. The fraction of sp³-hybridized carbons (Fsp3) is 0.458. The van der Waals surface area contributed by atoms with E-state index in [2.05, 4.69) is 57.0 Å². The lowest BCUT2D eigenvalue weighted by Crippen LogP contribution is -2.42. The van der Waals surface area contributed by atoms with Crippen molar-refractivity contribution in [3.63, 3.8) is 0 Å². The lowest BCUT2D eigenvalue weighted by atomic mass is 9.89. The number of pyridine rings is 1. The largest absolute Gasteiger partial charge is 0.373 e. The van der Waals surface area contributed by atoms with E-state index in [-0.39, 0.29) is 6.10 Å². The monoisotopic (exact) mass is 420 g/mol. The van der Waals surface area contributed by atoms with Crippen molar-refractivity contribution in [2.24, 2.45) is 10.9 Å². The summed E-state index contributed by atoms with van der Waals surface area (Å²) in [4.78, 5) is 4.39. The minimum atomic E-state index is 0.140. The Morgan fingerprint density at radius 2 is 2.03 bits per heavy atom. The second kappa shape index (κ2) is 10.4. The van der Waals surface area contributed by atoms with Crippen LogP contribution in [0.25, 0.3) is 5.65 Å². The molecule has 1 aromatic carbocycles. The predicted octanol–water partition coefficient (Wildman–Crippen LogP) is 3.30. The molecular weight excluding hydrogens is 388 g/mol. The first kappa shape index (κ1) is 21.3. The van der Waals surface area contributed by atoms with Gasteiger partial charge < -0.3 is 15.4 Å². The van der Waals surface area contributed by atoms with Gasteiger partial charge in [0.05, 0.1) is 6.10 Å². The molecule has 2 unspecified atom stereocenters. The molecule has 0 aliphatic carbocycles. The van der Waals surface area contributed by atoms with Crippen LogP contribution in [-0.2, 0) is 11.2 Å². The van der Waals surface area contributed by atoms with Gasteiger partial charge in [0.25, 0.3) is 0 Å². The Labute approximate surface area is 183 Å². The van der Waals surface area contributed by atoms with E-state index in [1.54, 1.807) is 0 Å². The summed E-state index contributed by atoms with van der Waals surface area (Å²) in [6, 6.07) is 14.7. The van der Waals surface area contributed by atoms with E-state index in [0.29, 0.717) is 5.92 Å². The molecule has 7 heteroatoms. The Morgan fingerprint density at radius 3 is 2.87 bits per heavy atom. The quantitative estimate of drug-likeness (QED) is 0.348. The first-order valence-corrected chi connectivity index (χ1v) is 11.2. The Balaban J connectivity index is 1.25. The molecule has 4 rings (SSSR count). The molecule has 0 amide bonds. The first-order chi connectivity index (χ1) is 15.2. The third kappa shape index (κ3) is 5.41. The molecule has 2 aromatic heterocycles. The molecular formula is C24H32N6O. The highest BCUT2D eigenvalue weighted by atomic mass is 16.5. The topological polar surface area (TPSA) is 75.8 Å². The van der Waals surface area contributed by atoms with Crippen molar-refractivity contribution >= 4 is 11.6 Å². The fourth-order valence-corrected chi connectivity index (χ4v) is 4.14. The molecule has 164 valence electrons. The Hall–Kier alpha value is -2.93. The molecule has 0 spiro atoms. The second-order valence-electron chi connectivity index (χ2n) is 8.13. The van der Waals surface area contributed by atoms with Crippen molar-refractivity contribution < 1.29 is 4.74 Å². The van der Waals surface area contributed by atoms with Crippen LogP contribution in [0.1, 0.15) is 42.3 Å². The fourth-order valence-electron chi connectivity index (χ4n) is 4.14. The van der Waals surface area contributed by atoms with Crippen molar-refractivity contribution in [1.82, 2.24) is 25.2 Å². The summed E-state index contributed by atoms with van der Waals surface area (Å²) in [6.07, 6.45) is 6.22. The number of aromatic nitrogens is 3. The number of hydrogen-bond donors (Lipinski definition) is 2. The molecule has 31 heavy (non-hydrogen) atoms. The number of nitrogens with one attached hydrogen (secondary N) is 2. The number of ether oxygens (including phenoxy) is 1. The summed E-state index contributed by atoms with van der Waals surface area (Å²) in [5.74, 6) is 2.25. The third-order valence-electron chi connectivity index (χ3n) is 5.86. The van der Waals surface area contributed by atoms with Crippen LogP contribution >= 0.6 is 0 Å². The highest BCUT2D eigenvalue weighted by molar-refractivity contribution is 5.79. The summed E-state index contributed by atoms with van der Waals surface area (Å²) in [5, 5.41) is 15.4. The third-order valence-corrected chi connectivity index (χ3v) is 5.86. The number of nitrogens with zero attached hydrogens (tertiary/aromatic N) is 4. The zero-order chi connectivity index (χ0) is 21.5. The number of hydrogen-bond acceptors (Lipinski definition) is 4. The minimum absolute atomic E-state index is 0.140. The van der Waals surface area contributed by atoms with E-state index < -0.39 is 0 Å². The van der Waals surface area contributed by atoms with E-state index in [1.165, 1.54) is 11.1 Å². The average molecular weight is 421 g/mol. The minimum Gasteiger partial charge on any atom is -0.373 e. The molecule has 2 N–H and O–H groups in total. The molecule has 1 fully saturated rings. The van der Waals surface area contributed by atoms with Crippen LogP contribution < -0.4 is 10.6 Å². The van der Waals surface area contributed by atoms with Crippen LogP contribution in [0.2, 0.25) is 0 Å². The van der Waals surface area contributed by atoms with Crippen LogP contribution in [0.5, 0.6) is 0 Å². The smallest absolute Gasteiger partial charge is 0.190 e. The molecule has 3 heterocycles. The molecule has 3 aromatic rings. The van der Waals surface area contributed by atoms with Crippen LogP contribution in [0.3, 0.4) is 0 Å². The van der Waals surface area contributed by atoms with Gasteiger partial charge in [0, 0.05) is 45.3 Å². The average Bonchev–Trinajstić information content (AvgIpc) is 3.22. The molecule has 0 radical (unpaired) electrons. The molecule has 7 nitrogen and oxygen atoms in total. The number of guanidine groups is 1. The first-order valence-electron chi connectivity index (χ1n) is 11.2. The van der Waals surface area contributed by atoms with Crippen molar-refractivity contribution in [2.45, 2.75) is 38.7 Å². The molecule has 2 atom stereocenters. The van der Waals surface area contributed by atoms with Crippen LogP contribution in [0.15, 0.2) is 53.7 Å². The summed E-state index contributed by atoms with van der Waals surface area (Å²) >= 11 is 0. The van der Waals surface area contributed by atoms with Crippen molar-refractivity contribution in [2.75, 3.05) is 26.7 Å². The van der Waals surface area contributed by atoms with Crippen molar-refractivity contribution in [3.05, 3.63) is 65.6 Å². The van der Waals surface area contributed by atoms with E-state index in [1.807, 2.05) is 35.8 Å². The van der Waals surface area contributed by atoms with Gasteiger partial charge in [-0.1, -0.05) is 35.9 Å². The molecule has 1 aliphatic rings. The highest BCUT2D eigenvalue weighted by Gasteiger charge is 2.27. The maximum atomic E-state index is 6.14. The zero-order valence-corrected chi connectivity index (χ0v) is 18.4. The van der Waals surface area contributed by atoms with Gasteiger partial charge in [-0.15, -0.1) is 10.2 Å². The Morgan fingerprint density at radius 1 is 1.16 bits per heavy atom. The van der Waals surface area contributed by atoms with Crippen LogP contribution in [0.4, 0.5) is 0 Å². The van der Waals surface area contributed by atoms with Gasteiger partial charge in [-0.25, -0.2) is 0 Å². The summed E-state index contributed by atoms with van der Waals surface area (Å²) in [7, 11) is 1.82. The van der Waals surface area contributed by atoms with Crippen molar-refractivity contribution in [3.8, 4) is 0 Å². The number of rotatable bonds is 7. The normalized spacial score (nSPS) is 19.5. The summed E-state index contributed by atoms with van der Waals surface area (Å²) in [5.41, 5.74) is 3.43. The number of benzene rings is 1. The number of aryl methyl sites for hydroxylation is 2. The van der Waals surface area contributed by atoms with Crippen LogP contribution in [-0.4, -0.2) is 47.3 Å².